The van der Waals surface area contributed by atoms with Crippen LogP contribution in [0.4, 0.5) is 0 Å². The van der Waals surface area contributed by atoms with Crippen LogP contribution in [0.5, 0.6) is 40.2 Å². The number of esters is 1. The van der Waals surface area contributed by atoms with Crippen molar-refractivity contribution in [3.8, 4) is 40.2 Å². The van der Waals surface area contributed by atoms with E-state index in [9.17, 15) is 19.8 Å². The van der Waals surface area contributed by atoms with Crippen molar-refractivity contribution in [1.29, 1.82) is 0 Å². The van der Waals surface area contributed by atoms with Gasteiger partial charge in [0, 0.05) is 96.9 Å². The Bertz CT molecular complexity index is 4420. The fraction of sp³-hybridized carbons (Fsp3) is 0.558. The van der Waals surface area contributed by atoms with Crippen LogP contribution in [0.1, 0.15) is 176 Å². The zero-order valence-corrected chi connectivity index (χ0v) is 87.3. The number of benzene rings is 5. The zero-order chi connectivity index (χ0) is 93.7. The third kappa shape index (κ3) is 42.0. The number of phenols is 1. The second kappa shape index (κ2) is 68.2. The molecule has 14 rings (SSSR count). The van der Waals surface area contributed by atoms with Crippen LogP contribution in [0.3, 0.4) is 0 Å². The van der Waals surface area contributed by atoms with Gasteiger partial charge in [0.25, 0.3) is 5.91 Å². The van der Waals surface area contributed by atoms with Crippen molar-refractivity contribution in [2.75, 3.05) is 226 Å². The fourth-order valence-electron chi connectivity index (χ4n) is 14.0. The first-order valence-electron chi connectivity index (χ1n) is 45.9. The molecule has 5 aromatic carbocycles. The topological polar surface area (TPSA) is 288 Å². The van der Waals surface area contributed by atoms with E-state index in [4.69, 9.17) is 90.0 Å². The number of aromatic hydroxyl groups is 1. The number of carbonyl (C=O) groups is 2. The Morgan fingerprint density at radius 2 is 0.630 bits per heavy atom. The standard InChI is InChI=1S/C25H30N2O5S.C25H29NO6S.C17H26O4.C16H24O4.C11H14O2.C7H16O2.CH4S.2CH4.2Na.H/c1-3-29-10-11-30-12-13-31-17-25(8-9-25)18-4-6-19(7-5-18)32-21-15-27-16-23-20(21)14-22(33-23)24(28)26-2;1-3-29-10-11-30-12-13-31-17-25(8-9-25)18-4-6-19(7-5-18)32-21-15-26-16-23-20(21)14-22(33-23)24(27)28-2;1-3-19-10-11-20-12-13-21-14-17(8-9-17)15-4-6-16(18-2)7-5-15;1-2-18-9-10-19-11-12-20-13-16(7-8-16)14-3-5-15(17)6-4-14;1-13-10-4-2-9(3-5-10)11(8-12)6-7-11;1-3-5-9-7-6-8-4-2;1-2;;;;;/h4-7,14-16H,3,8-13,17H2,1-2H3,(H,26,28);4-7,14-16H,3,8-13,17H2,1-2H3;4-7H,3,8-14H2,1-2H3;3-6,17H,2,7-13H2,1H3;2-5,12H,6-8H2,1H3;3-7H2,1-2H3;2H,1H3;2*1H4;;;/q;;;;;;;;;2*+1;-1/p-1. The maximum absolute atomic E-state index is 12.0. The Kier molecular flexibility index (Phi) is 61.3. The van der Waals surface area contributed by atoms with E-state index >= 15 is 0 Å². The quantitative estimate of drug-likeness (QED) is 0.0138. The monoisotopic (exact) mass is 1950 g/mol. The smallest absolute Gasteiger partial charge is 1.00 e. The summed E-state index contributed by atoms with van der Waals surface area (Å²) in [6.45, 7) is 31.0. The molecule has 135 heavy (non-hydrogen) atoms. The molecular formula is C104H151N3Na2O23S3. The number of aliphatic hydroxyl groups is 1. The van der Waals surface area contributed by atoms with Gasteiger partial charge in [0.2, 0.25) is 0 Å². The second-order valence-electron chi connectivity index (χ2n) is 32.0. The number of aromatic nitrogens is 2. The normalized spacial score (nSPS) is 14.4. The van der Waals surface area contributed by atoms with Crippen LogP contribution in [0, 0.1) is 0 Å². The summed E-state index contributed by atoms with van der Waals surface area (Å²) in [5.74, 6) is 4.32. The molecule has 5 fully saturated rings. The predicted molar refractivity (Wildman–Crippen MR) is 531 cm³/mol. The molecule has 26 nitrogen and oxygen atoms in total. The van der Waals surface area contributed by atoms with Crippen LogP contribution < -0.4 is 83.4 Å². The van der Waals surface area contributed by atoms with Crippen LogP contribution in [0.25, 0.3) is 20.2 Å². The largest absolute Gasteiger partial charge is 1.00 e. The molecule has 5 aliphatic carbocycles. The molecule has 0 saturated heterocycles. The van der Waals surface area contributed by atoms with Crippen LogP contribution in [0.15, 0.2) is 158 Å². The summed E-state index contributed by atoms with van der Waals surface area (Å²) in [6.07, 6.45) is 20.9. The molecule has 0 bridgehead atoms. The van der Waals surface area contributed by atoms with Crippen molar-refractivity contribution in [3.63, 3.8) is 0 Å². The summed E-state index contributed by atoms with van der Waals surface area (Å²) in [5, 5.41) is 22.9. The van der Waals surface area contributed by atoms with Crippen molar-refractivity contribution in [1.82, 2.24) is 15.3 Å². The Labute approximate surface area is 862 Å². The van der Waals surface area contributed by atoms with Gasteiger partial charge in [-0.3, -0.25) is 14.8 Å². The number of ether oxygens (including phenoxy) is 19. The number of rotatable bonds is 56. The Morgan fingerprint density at radius 1 is 0.370 bits per heavy atom. The van der Waals surface area contributed by atoms with E-state index in [0.29, 0.717) is 159 Å². The molecule has 5 saturated carbocycles. The average molecular weight is 1950 g/mol. The average Bonchev–Trinajstić information content (AvgIpc) is 1.63. The Hall–Kier alpha value is -5.99. The maximum Gasteiger partial charge on any atom is 1.00 e. The van der Waals surface area contributed by atoms with Crippen LogP contribution in [0.2, 0.25) is 0 Å². The molecule has 31 heteroatoms. The summed E-state index contributed by atoms with van der Waals surface area (Å²) in [4.78, 5) is 33.5. The third-order valence-corrected chi connectivity index (χ3v) is 24.8. The molecule has 4 heterocycles. The van der Waals surface area contributed by atoms with Gasteiger partial charge in [-0.15, -0.1) is 22.7 Å². The van der Waals surface area contributed by atoms with Gasteiger partial charge in [-0.2, -0.15) is 6.26 Å². The number of amides is 1. The first-order chi connectivity index (χ1) is 64.1. The number of nitrogens with one attached hydrogen (secondary N) is 1. The minimum atomic E-state index is -0.361. The molecular weight excluding hydrogens is 1800 g/mol. The van der Waals surface area contributed by atoms with E-state index in [0.717, 1.165) is 154 Å². The van der Waals surface area contributed by atoms with E-state index in [2.05, 4.69) is 71.2 Å². The molecule has 1 amide bonds. The molecule has 9 aromatic rings. The third-order valence-electron chi connectivity index (χ3n) is 22.7. The number of hydrogen-bond acceptors (Lipinski definition) is 28. The van der Waals surface area contributed by atoms with E-state index < -0.39 is 0 Å². The van der Waals surface area contributed by atoms with Gasteiger partial charge in [0.15, 0.2) is 11.5 Å². The van der Waals surface area contributed by atoms with Crippen molar-refractivity contribution >= 4 is 67.4 Å². The molecule has 5 aliphatic rings. The number of hydrogen-bond donors (Lipinski definition) is 3. The summed E-state index contributed by atoms with van der Waals surface area (Å²) in [7, 11) is 6.35. The zero-order valence-electron chi connectivity index (χ0n) is 81.9. The number of thiophene rings is 2. The number of fused-ring (bicyclic) bond motifs is 2. The van der Waals surface area contributed by atoms with E-state index in [1.165, 1.54) is 70.4 Å². The second-order valence-corrected chi connectivity index (χ2v) is 34.1. The summed E-state index contributed by atoms with van der Waals surface area (Å²) in [6, 6.07) is 43.8. The minimum Gasteiger partial charge on any atom is -1.00 e. The van der Waals surface area contributed by atoms with Gasteiger partial charge in [0.05, 0.1) is 200 Å². The van der Waals surface area contributed by atoms with Crippen molar-refractivity contribution in [2.45, 2.75) is 154 Å². The Morgan fingerprint density at radius 3 is 0.896 bits per heavy atom. The first-order valence-corrected chi connectivity index (χ1v) is 48.4. The number of nitrogens with zero attached hydrogens (tertiary/aromatic N) is 2. The van der Waals surface area contributed by atoms with Gasteiger partial charge < -0.3 is 120 Å². The number of methoxy groups -OCH3 is 3. The molecule has 0 spiro atoms. The van der Waals surface area contributed by atoms with E-state index in [1.807, 2.05) is 113 Å². The van der Waals surface area contributed by atoms with E-state index in [1.54, 1.807) is 70.5 Å². The van der Waals surface area contributed by atoms with Crippen molar-refractivity contribution < 1.29 is 170 Å². The molecule has 0 radical (unpaired) electrons. The number of carbonyl (C=O) groups excluding carboxylic acids is 2. The number of pyridine rings is 2. The van der Waals surface area contributed by atoms with Gasteiger partial charge >= 0.3 is 65.1 Å². The fourth-order valence-corrected chi connectivity index (χ4v) is 16.0. The first kappa shape index (κ1) is 121. The molecule has 0 aliphatic heterocycles. The summed E-state index contributed by atoms with van der Waals surface area (Å²) >= 11 is 6.82. The summed E-state index contributed by atoms with van der Waals surface area (Å²) in [5.41, 5.74) is 7.01. The summed E-state index contributed by atoms with van der Waals surface area (Å²) < 4.78 is 105. The predicted octanol–water partition coefficient (Wildman–Crippen LogP) is 13.5. The number of phenolic OH excluding ortho intramolecular Hbond substituents is 1. The molecule has 0 atom stereocenters. The van der Waals surface area contributed by atoms with Gasteiger partial charge in [-0.1, -0.05) is 82.4 Å². The molecule has 3 N–H and O–H groups in total. The van der Waals surface area contributed by atoms with Crippen LogP contribution >= 0.6 is 22.7 Å². The molecule has 0 unspecified atom stereocenters. The molecule has 740 valence electrons. The van der Waals surface area contributed by atoms with Crippen molar-refractivity contribution in [2.24, 2.45) is 0 Å². The SMILES string of the molecule is C.C.CCCOCCOCC.CCOCCOCCOCC1(c2ccc(O)cc2)CC1.CCOCCOCCOCC1(c2ccc(OC)cc2)CC1.CCOCCOCCOCC1(c2ccc(Oc3cncc4sc(C(=O)NC)cc34)cc2)CC1.CCOCCOCCOCC1(c2ccc(Oc3cncc4sc(C(=O)OC)cc34)cc2)CC1.COc1ccc(C2(CO)CC2)cc1.C[S-].[H-].[Na+].[Na+]. The Balaban J connectivity index is 0.000000433. The van der Waals surface area contributed by atoms with Gasteiger partial charge in [-0.25, -0.2) is 4.79 Å². The van der Waals surface area contributed by atoms with Crippen LogP contribution in [-0.2, 0) is 111 Å². The van der Waals surface area contributed by atoms with Crippen LogP contribution in [-0.4, -0.2) is 258 Å². The van der Waals surface area contributed by atoms with Gasteiger partial charge in [-0.05, 0) is 206 Å². The van der Waals surface area contributed by atoms with Crippen molar-refractivity contribution in [3.05, 3.63) is 196 Å². The molecule has 4 aromatic heterocycles. The maximum atomic E-state index is 12.0. The number of aliphatic hydroxyl groups excluding tert-OH is 1. The minimum absolute atomic E-state index is 0. The van der Waals surface area contributed by atoms with E-state index in [-0.39, 0.29) is 121 Å². The van der Waals surface area contributed by atoms with Gasteiger partial charge in [0.1, 0.15) is 33.6 Å².